The molecule has 0 aromatic rings. The van der Waals surface area contributed by atoms with Gasteiger partial charge < -0.3 is 9.84 Å². The Morgan fingerprint density at radius 2 is 2.00 bits per heavy atom. The molecule has 4 heteroatoms. The highest BCUT2D eigenvalue weighted by Crippen LogP contribution is 2.15. The fourth-order valence-corrected chi connectivity index (χ4v) is 1.52. The lowest BCUT2D eigenvalue weighted by Gasteiger charge is -2.34. The number of hydrogen-bond acceptors (Lipinski definition) is 3. The van der Waals surface area contributed by atoms with E-state index in [1.54, 1.807) is 21.0 Å². The maximum absolute atomic E-state index is 11.0. The van der Waals surface area contributed by atoms with Crippen molar-refractivity contribution >= 4 is 5.97 Å². The van der Waals surface area contributed by atoms with E-state index in [2.05, 4.69) is 0 Å². The van der Waals surface area contributed by atoms with Gasteiger partial charge in [0.25, 0.3) is 0 Å². The Morgan fingerprint density at radius 3 is 2.40 bits per heavy atom. The van der Waals surface area contributed by atoms with E-state index in [1.165, 1.54) is 0 Å². The normalized spacial score (nSPS) is 12.1. The van der Waals surface area contributed by atoms with Gasteiger partial charge in [0.1, 0.15) is 5.54 Å². The third-order valence-corrected chi connectivity index (χ3v) is 2.72. The average molecular weight is 217 g/mol. The summed E-state index contributed by atoms with van der Waals surface area (Å²) >= 11 is 0. The van der Waals surface area contributed by atoms with Gasteiger partial charge in [-0.15, -0.1) is 0 Å². The fraction of sp³-hybridized carbons (Fsp3) is 0.909. The Hall–Kier alpha value is -0.610. The molecule has 0 heterocycles. The number of hydrogen-bond donors (Lipinski definition) is 1. The number of nitrogens with zero attached hydrogens (tertiary/aromatic N) is 1. The van der Waals surface area contributed by atoms with Crippen LogP contribution in [0.5, 0.6) is 0 Å². The predicted molar refractivity (Wildman–Crippen MR) is 60.1 cm³/mol. The quantitative estimate of drug-likeness (QED) is 0.627. The Morgan fingerprint density at radius 1 is 1.40 bits per heavy atom. The summed E-state index contributed by atoms with van der Waals surface area (Å²) in [6.45, 7) is 7.78. The molecule has 0 spiro atoms. The molecule has 0 bridgehead atoms. The summed E-state index contributed by atoms with van der Waals surface area (Å²) in [5, 5.41) is 9.08. The van der Waals surface area contributed by atoms with Crippen molar-refractivity contribution in [2.45, 2.75) is 39.2 Å². The first-order chi connectivity index (χ1) is 6.96. The van der Waals surface area contributed by atoms with Gasteiger partial charge in [-0.25, -0.2) is 0 Å². The predicted octanol–water partition coefficient (Wildman–Crippen LogP) is 1.60. The molecule has 90 valence electrons. The van der Waals surface area contributed by atoms with Gasteiger partial charge in [0.2, 0.25) is 0 Å². The molecule has 0 aliphatic heterocycles. The molecule has 0 aromatic heterocycles. The molecule has 0 fully saturated rings. The first kappa shape index (κ1) is 14.4. The molecular weight excluding hydrogens is 194 g/mol. The second kappa shape index (κ2) is 6.80. The van der Waals surface area contributed by atoms with Crippen molar-refractivity contribution in [3.05, 3.63) is 0 Å². The van der Waals surface area contributed by atoms with Crippen LogP contribution < -0.4 is 0 Å². The summed E-state index contributed by atoms with van der Waals surface area (Å²) in [6, 6.07) is 0. The van der Waals surface area contributed by atoms with Gasteiger partial charge in [0.15, 0.2) is 0 Å². The lowest BCUT2D eigenvalue weighted by Crippen LogP contribution is -2.50. The van der Waals surface area contributed by atoms with E-state index in [0.29, 0.717) is 0 Å². The molecule has 15 heavy (non-hydrogen) atoms. The summed E-state index contributed by atoms with van der Waals surface area (Å²) in [5.74, 6) is -0.768. The Labute approximate surface area is 92.2 Å². The van der Waals surface area contributed by atoms with Crippen molar-refractivity contribution in [1.29, 1.82) is 0 Å². The second-order valence-electron chi connectivity index (χ2n) is 4.14. The number of ether oxygens (including phenoxy) is 1. The minimum absolute atomic E-state index is 0.741. The standard InChI is InChI=1S/C11H23NO3/c1-5-12(8-6-7-9-15-4)11(2,3)10(13)14/h5-9H2,1-4H3,(H,13,14). The number of carbonyl (C=O) groups is 1. The van der Waals surface area contributed by atoms with Crippen molar-refractivity contribution < 1.29 is 14.6 Å². The zero-order valence-corrected chi connectivity index (χ0v) is 10.2. The van der Waals surface area contributed by atoms with Crippen molar-refractivity contribution in [2.75, 3.05) is 26.8 Å². The van der Waals surface area contributed by atoms with Crippen LogP contribution in [0, 0.1) is 0 Å². The molecular formula is C11H23NO3. The first-order valence-electron chi connectivity index (χ1n) is 5.44. The van der Waals surface area contributed by atoms with E-state index in [9.17, 15) is 4.79 Å². The van der Waals surface area contributed by atoms with Crippen molar-refractivity contribution in [1.82, 2.24) is 4.90 Å². The van der Waals surface area contributed by atoms with Crippen LogP contribution in [0.2, 0.25) is 0 Å². The molecule has 0 radical (unpaired) electrons. The van der Waals surface area contributed by atoms with Crippen LogP contribution in [-0.2, 0) is 9.53 Å². The van der Waals surface area contributed by atoms with Crippen molar-refractivity contribution in [2.24, 2.45) is 0 Å². The zero-order chi connectivity index (χ0) is 11.9. The van der Waals surface area contributed by atoms with Gasteiger partial charge in [-0.2, -0.15) is 0 Å². The zero-order valence-electron chi connectivity index (χ0n) is 10.2. The third kappa shape index (κ3) is 4.62. The average Bonchev–Trinajstić information content (AvgIpc) is 2.17. The van der Waals surface area contributed by atoms with Gasteiger partial charge in [-0.1, -0.05) is 6.92 Å². The fourth-order valence-electron chi connectivity index (χ4n) is 1.52. The van der Waals surface area contributed by atoms with Crippen LogP contribution in [-0.4, -0.2) is 48.3 Å². The maximum atomic E-state index is 11.0. The summed E-state index contributed by atoms with van der Waals surface area (Å²) in [7, 11) is 1.68. The smallest absolute Gasteiger partial charge is 0.323 e. The Bertz CT molecular complexity index is 192. The summed E-state index contributed by atoms with van der Waals surface area (Å²) in [6.07, 6.45) is 1.95. The lowest BCUT2D eigenvalue weighted by atomic mass is 10.0. The molecule has 0 amide bonds. The molecule has 0 rings (SSSR count). The number of likely N-dealkylation sites (N-methyl/N-ethyl adjacent to an activating group) is 1. The van der Waals surface area contributed by atoms with E-state index in [4.69, 9.17) is 9.84 Å². The molecule has 4 nitrogen and oxygen atoms in total. The van der Waals surface area contributed by atoms with Crippen LogP contribution in [0.15, 0.2) is 0 Å². The highest BCUT2D eigenvalue weighted by atomic mass is 16.5. The summed E-state index contributed by atoms with van der Waals surface area (Å²) in [4.78, 5) is 13.0. The van der Waals surface area contributed by atoms with E-state index in [1.807, 2.05) is 11.8 Å². The van der Waals surface area contributed by atoms with Gasteiger partial charge in [0, 0.05) is 13.7 Å². The Balaban J connectivity index is 4.07. The van der Waals surface area contributed by atoms with Crippen LogP contribution in [0.3, 0.4) is 0 Å². The van der Waals surface area contributed by atoms with E-state index in [0.717, 1.165) is 32.5 Å². The number of methoxy groups -OCH3 is 1. The number of aliphatic carboxylic acids is 1. The molecule has 0 atom stereocenters. The second-order valence-corrected chi connectivity index (χ2v) is 4.14. The van der Waals surface area contributed by atoms with Crippen LogP contribution in [0.4, 0.5) is 0 Å². The van der Waals surface area contributed by atoms with Gasteiger partial charge >= 0.3 is 5.97 Å². The highest BCUT2D eigenvalue weighted by molar-refractivity contribution is 5.77. The molecule has 0 aliphatic rings. The first-order valence-corrected chi connectivity index (χ1v) is 5.44. The van der Waals surface area contributed by atoms with Crippen LogP contribution in [0.25, 0.3) is 0 Å². The molecule has 0 unspecified atom stereocenters. The molecule has 0 aromatic carbocycles. The van der Waals surface area contributed by atoms with E-state index >= 15 is 0 Å². The summed E-state index contributed by atoms with van der Waals surface area (Å²) < 4.78 is 4.96. The van der Waals surface area contributed by atoms with Gasteiger partial charge in [-0.3, -0.25) is 9.69 Å². The minimum atomic E-state index is -0.776. The maximum Gasteiger partial charge on any atom is 0.323 e. The lowest BCUT2D eigenvalue weighted by molar-refractivity contribution is -0.149. The van der Waals surface area contributed by atoms with Gasteiger partial charge in [-0.05, 0) is 39.8 Å². The molecule has 0 saturated heterocycles. The minimum Gasteiger partial charge on any atom is -0.480 e. The topological polar surface area (TPSA) is 49.8 Å². The van der Waals surface area contributed by atoms with Gasteiger partial charge in [0.05, 0.1) is 0 Å². The third-order valence-electron chi connectivity index (χ3n) is 2.72. The van der Waals surface area contributed by atoms with Crippen LogP contribution >= 0.6 is 0 Å². The molecule has 0 aliphatic carbocycles. The molecule has 1 N–H and O–H groups in total. The highest BCUT2D eigenvalue weighted by Gasteiger charge is 2.32. The molecule has 0 saturated carbocycles. The monoisotopic (exact) mass is 217 g/mol. The van der Waals surface area contributed by atoms with E-state index < -0.39 is 11.5 Å². The number of carboxylic acids is 1. The summed E-state index contributed by atoms with van der Waals surface area (Å²) in [5.41, 5.74) is -0.776. The SMILES string of the molecule is CCN(CCCCOC)C(C)(C)C(=O)O. The number of carboxylic acid groups (broad SMARTS) is 1. The largest absolute Gasteiger partial charge is 0.480 e. The van der Waals surface area contributed by atoms with Crippen molar-refractivity contribution in [3.63, 3.8) is 0 Å². The Kier molecular flexibility index (Phi) is 6.52. The number of rotatable bonds is 8. The van der Waals surface area contributed by atoms with E-state index in [-0.39, 0.29) is 0 Å². The van der Waals surface area contributed by atoms with Crippen LogP contribution in [0.1, 0.15) is 33.6 Å². The number of unbranched alkanes of at least 4 members (excludes halogenated alkanes) is 1. The van der Waals surface area contributed by atoms with Crippen molar-refractivity contribution in [3.8, 4) is 0 Å².